The van der Waals surface area contributed by atoms with E-state index in [1.807, 2.05) is 44.2 Å². The minimum Gasteiger partial charge on any atom is -0.508 e. The molecule has 7 nitrogen and oxygen atoms in total. The number of benzene rings is 2. The molecule has 0 saturated carbocycles. The number of hydrogen-bond acceptors (Lipinski definition) is 7. The number of amides is 1. The fraction of sp³-hybridized carbons (Fsp3) is 0.182. The molecule has 154 valence electrons. The van der Waals surface area contributed by atoms with Crippen LogP contribution in [0.1, 0.15) is 28.5 Å². The van der Waals surface area contributed by atoms with E-state index in [1.54, 1.807) is 6.07 Å². The first-order valence-electron chi connectivity index (χ1n) is 9.38. The lowest BCUT2D eigenvalue weighted by Gasteiger charge is -2.10. The fourth-order valence-electron chi connectivity index (χ4n) is 2.53. The fourth-order valence-corrected chi connectivity index (χ4v) is 3.15. The number of rotatable bonds is 8. The smallest absolute Gasteiger partial charge is 0.271 e. The van der Waals surface area contributed by atoms with Crippen molar-refractivity contribution in [3.8, 4) is 11.6 Å². The molecule has 0 spiro atoms. The van der Waals surface area contributed by atoms with Crippen molar-refractivity contribution in [3.05, 3.63) is 77.5 Å². The van der Waals surface area contributed by atoms with Gasteiger partial charge < -0.3 is 9.84 Å². The largest absolute Gasteiger partial charge is 0.508 e. The van der Waals surface area contributed by atoms with Crippen LogP contribution in [0, 0.1) is 6.92 Å². The van der Waals surface area contributed by atoms with Gasteiger partial charge in [-0.05, 0) is 36.9 Å². The van der Waals surface area contributed by atoms with Crippen molar-refractivity contribution in [2.45, 2.75) is 19.0 Å². The highest BCUT2D eigenvalue weighted by atomic mass is 32.2. The van der Waals surface area contributed by atoms with Gasteiger partial charge in [-0.2, -0.15) is 10.1 Å². The molecule has 0 bridgehead atoms. The number of carbonyl (C=O) groups excluding carboxylic acids is 1. The highest BCUT2D eigenvalue weighted by Gasteiger charge is 2.10. The molecule has 0 aliphatic heterocycles. The number of hydrogen-bond donors (Lipinski definition) is 2. The molecule has 0 aliphatic carbocycles. The molecule has 3 aromatic rings. The number of phenols is 1. The van der Waals surface area contributed by atoms with Crippen LogP contribution in [0.2, 0.25) is 0 Å². The maximum atomic E-state index is 12.4. The van der Waals surface area contributed by atoms with E-state index in [1.165, 1.54) is 36.0 Å². The number of nitrogens with zero attached hydrogens (tertiary/aromatic N) is 3. The van der Waals surface area contributed by atoms with Crippen LogP contribution in [-0.2, 0) is 0 Å². The van der Waals surface area contributed by atoms with Crippen molar-refractivity contribution < 1.29 is 14.6 Å². The first-order chi connectivity index (χ1) is 14.5. The lowest BCUT2D eigenvalue weighted by molar-refractivity contribution is 0.0954. The molecular formula is C22H22N4O3S. The second kappa shape index (κ2) is 10.4. The van der Waals surface area contributed by atoms with Gasteiger partial charge >= 0.3 is 0 Å². The van der Waals surface area contributed by atoms with E-state index in [0.29, 0.717) is 22.3 Å². The van der Waals surface area contributed by atoms with E-state index < -0.39 is 0 Å². The quantitative estimate of drug-likeness (QED) is 0.248. The van der Waals surface area contributed by atoms with Crippen LogP contribution in [-0.4, -0.2) is 39.1 Å². The number of carbonyl (C=O) groups is 1. The summed E-state index contributed by atoms with van der Waals surface area (Å²) in [6.45, 7) is 4.04. The number of phenolic OH excluding ortho intramolecular Hbond substituents is 1. The van der Waals surface area contributed by atoms with Gasteiger partial charge in [-0.25, -0.2) is 10.4 Å². The summed E-state index contributed by atoms with van der Waals surface area (Å²) in [6, 6.07) is 17.2. The standard InChI is InChI=1S/C22H22N4O3S/c1-3-30-22-23-15(2)13-20(24-22)29-14-19(16-7-5-4-6-8-16)25-26-21(28)17-9-11-18(27)12-10-17/h4-13,27H,3,14H2,1-2H3,(H,26,28)/b25-19+. The van der Waals surface area contributed by atoms with Gasteiger partial charge in [-0.15, -0.1) is 0 Å². The third-order valence-electron chi connectivity index (χ3n) is 3.97. The molecule has 2 aromatic carbocycles. The van der Waals surface area contributed by atoms with Crippen molar-refractivity contribution in [1.29, 1.82) is 0 Å². The number of hydrazone groups is 1. The second-order valence-corrected chi connectivity index (χ2v) is 7.50. The summed E-state index contributed by atoms with van der Waals surface area (Å²) in [7, 11) is 0. The lowest BCUT2D eigenvalue weighted by atomic mass is 10.1. The average Bonchev–Trinajstić information content (AvgIpc) is 2.74. The first kappa shape index (κ1) is 21.3. The molecule has 0 aliphatic rings. The van der Waals surface area contributed by atoms with Gasteiger partial charge in [0.2, 0.25) is 5.88 Å². The summed E-state index contributed by atoms with van der Waals surface area (Å²) < 4.78 is 5.86. The SMILES string of the molecule is CCSc1nc(C)cc(OC/C(=N\NC(=O)c2ccc(O)cc2)c2ccccc2)n1. The van der Waals surface area contributed by atoms with Crippen LogP contribution in [0.15, 0.2) is 70.9 Å². The number of ether oxygens (including phenoxy) is 1. The number of aryl methyl sites for hydroxylation is 1. The Bertz CT molecular complexity index is 1020. The molecule has 1 aromatic heterocycles. The summed E-state index contributed by atoms with van der Waals surface area (Å²) in [4.78, 5) is 21.1. The lowest BCUT2D eigenvalue weighted by Crippen LogP contribution is -2.23. The molecular weight excluding hydrogens is 400 g/mol. The zero-order valence-corrected chi connectivity index (χ0v) is 17.5. The number of nitrogens with one attached hydrogen (secondary N) is 1. The van der Waals surface area contributed by atoms with Crippen LogP contribution in [0.5, 0.6) is 11.6 Å². The molecule has 0 fully saturated rings. The molecule has 1 amide bonds. The Morgan fingerprint density at radius 1 is 1.10 bits per heavy atom. The second-order valence-electron chi connectivity index (χ2n) is 6.26. The summed E-state index contributed by atoms with van der Waals surface area (Å²) in [5.74, 6) is 1.02. The molecule has 0 radical (unpaired) electrons. The Kier molecular flexibility index (Phi) is 7.40. The van der Waals surface area contributed by atoms with Gasteiger partial charge in [0.05, 0.1) is 0 Å². The number of aromatic hydroxyl groups is 1. The molecule has 30 heavy (non-hydrogen) atoms. The van der Waals surface area contributed by atoms with Crippen LogP contribution >= 0.6 is 11.8 Å². The van der Waals surface area contributed by atoms with Crippen molar-refractivity contribution >= 4 is 23.4 Å². The molecule has 0 unspecified atom stereocenters. The highest BCUT2D eigenvalue weighted by Crippen LogP contribution is 2.18. The summed E-state index contributed by atoms with van der Waals surface area (Å²) in [6.07, 6.45) is 0. The highest BCUT2D eigenvalue weighted by molar-refractivity contribution is 7.99. The molecule has 8 heteroatoms. The summed E-state index contributed by atoms with van der Waals surface area (Å²) in [5, 5.41) is 14.3. The van der Waals surface area contributed by atoms with Gasteiger partial charge in [-0.1, -0.05) is 49.0 Å². The molecule has 0 atom stereocenters. The van der Waals surface area contributed by atoms with Gasteiger partial charge in [0.25, 0.3) is 5.91 Å². The summed E-state index contributed by atoms with van der Waals surface area (Å²) >= 11 is 1.54. The van der Waals surface area contributed by atoms with Crippen LogP contribution < -0.4 is 10.2 Å². The number of aromatic nitrogens is 2. The summed E-state index contributed by atoms with van der Waals surface area (Å²) in [5.41, 5.74) is 5.11. The predicted octanol–water partition coefficient (Wildman–Crippen LogP) is 3.82. The number of thioether (sulfide) groups is 1. The van der Waals surface area contributed by atoms with Crippen LogP contribution in [0.3, 0.4) is 0 Å². The molecule has 0 saturated heterocycles. The molecule has 1 heterocycles. The van der Waals surface area contributed by atoms with Gasteiger partial charge in [0.1, 0.15) is 18.1 Å². The van der Waals surface area contributed by atoms with Gasteiger partial charge in [-0.3, -0.25) is 4.79 Å². The van der Waals surface area contributed by atoms with Gasteiger partial charge in [0.15, 0.2) is 5.16 Å². The Morgan fingerprint density at radius 3 is 2.53 bits per heavy atom. The average molecular weight is 423 g/mol. The predicted molar refractivity (Wildman–Crippen MR) is 117 cm³/mol. The van der Waals surface area contributed by atoms with Crippen LogP contribution in [0.25, 0.3) is 0 Å². The third-order valence-corrected chi connectivity index (χ3v) is 4.70. The monoisotopic (exact) mass is 422 g/mol. The van der Waals surface area contributed by atoms with Crippen molar-refractivity contribution in [2.24, 2.45) is 5.10 Å². The Morgan fingerprint density at radius 2 is 1.83 bits per heavy atom. The Labute approximate surface area is 179 Å². The van der Waals surface area contributed by atoms with Crippen molar-refractivity contribution in [2.75, 3.05) is 12.4 Å². The zero-order valence-electron chi connectivity index (χ0n) is 16.7. The van der Waals surface area contributed by atoms with E-state index in [-0.39, 0.29) is 18.3 Å². The Hall–Kier alpha value is -3.39. The minimum atomic E-state index is -0.386. The van der Waals surface area contributed by atoms with E-state index in [2.05, 4.69) is 20.5 Å². The van der Waals surface area contributed by atoms with Crippen LogP contribution in [0.4, 0.5) is 0 Å². The van der Waals surface area contributed by atoms with Crippen molar-refractivity contribution in [3.63, 3.8) is 0 Å². The minimum absolute atomic E-state index is 0.0918. The first-order valence-corrected chi connectivity index (χ1v) is 10.4. The molecule has 3 rings (SSSR count). The third kappa shape index (κ3) is 6.05. The van der Waals surface area contributed by atoms with Crippen molar-refractivity contribution in [1.82, 2.24) is 15.4 Å². The van der Waals surface area contributed by atoms with E-state index >= 15 is 0 Å². The maximum absolute atomic E-state index is 12.4. The normalized spacial score (nSPS) is 11.2. The zero-order chi connectivity index (χ0) is 21.3. The Balaban J connectivity index is 1.77. The molecule has 2 N–H and O–H groups in total. The maximum Gasteiger partial charge on any atom is 0.271 e. The topological polar surface area (TPSA) is 96.7 Å². The van der Waals surface area contributed by atoms with Gasteiger partial charge in [0, 0.05) is 22.9 Å². The van der Waals surface area contributed by atoms with E-state index in [4.69, 9.17) is 4.74 Å². The van der Waals surface area contributed by atoms with E-state index in [9.17, 15) is 9.90 Å². The van der Waals surface area contributed by atoms with E-state index in [0.717, 1.165) is 17.0 Å².